The van der Waals surface area contributed by atoms with Gasteiger partial charge in [-0.05, 0) is 29.6 Å². The van der Waals surface area contributed by atoms with Crippen LogP contribution in [-0.4, -0.2) is 22.2 Å². The number of nitrogens with one attached hydrogen (secondary N) is 1. The zero-order valence-electron chi connectivity index (χ0n) is 10.6. The quantitative estimate of drug-likeness (QED) is 0.784. The first-order valence-corrected chi connectivity index (χ1v) is 7.12. The van der Waals surface area contributed by atoms with E-state index in [0.29, 0.717) is 12.1 Å². The normalized spacial score (nSPS) is 12.2. The van der Waals surface area contributed by atoms with E-state index in [1.54, 1.807) is 23.2 Å². The number of amides is 1. The van der Waals surface area contributed by atoms with Crippen molar-refractivity contribution in [3.63, 3.8) is 0 Å². The fourth-order valence-corrected chi connectivity index (χ4v) is 2.59. The molecule has 1 amide bonds. The molecule has 1 N–H and O–H groups in total. The van der Waals surface area contributed by atoms with E-state index in [0.717, 1.165) is 5.76 Å². The van der Waals surface area contributed by atoms with Gasteiger partial charge in [0.05, 0.1) is 6.26 Å². The molecule has 20 heavy (non-hydrogen) atoms. The molecule has 0 radical (unpaired) electrons. The van der Waals surface area contributed by atoms with Crippen LogP contribution in [0.2, 0.25) is 0 Å². The van der Waals surface area contributed by atoms with Gasteiger partial charge in [0.25, 0.3) is 5.91 Å². The lowest BCUT2D eigenvalue weighted by Crippen LogP contribution is -2.31. The number of hydrogen-bond donors (Lipinski definition) is 1. The highest BCUT2D eigenvalue weighted by atomic mass is 32.1. The Morgan fingerprint density at radius 2 is 2.40 bits per heavy atom. The van der Waals surface area contributed by atoms with Crippen LogP contribution in [0, 0.1) is 0 Å². The van der Waals surface area contributed by atoms with Crippen LogP contribution in [0.3, 0.4) is 0 Å². The first-order chi connectivity index (χ1) is 9.84. The van der Waals surface area contributed by atoms with Crippen molar-refractivity contribution >= 4 is 17.2 Å². The minimum absolute atomic E-state index is 0.0880. The summed E-state index contributed by atoms with van der Waals surface area (Å²) in [5.41, 5.74) is 0.675. The van der Waals surface area contributed by atoms with E-state index in [9.17, 15) is 4.79 Å². The Morgan fingerprint density at radius 3 is 3.05 bits per heavy atom. The third kappa shape index (κ3) is 2.65. The second-order valence-corrected chi connectivity index (χ2v) is 5.02. The highest BCUT2D eigenvalue weighted by molar-refractivity contribution is 7.08. The van der Waals surface area contributed by atoms with Crippen molar-refractivity contribution in [2.75, 3.05) is 6.54 Å². The van der Waals surface area contributed by atoms with E-state index < -0.39 is 0 Å². The van der Waals surface area contributed by atoms with Crippen LogP contribution in [-0.2, 0) is 0 Å². The molecular weight excluding hydrogens is 274 g/mol. The average molecular weight is 287 g/mol. The highest BCUT2D eigenvalue weighted by Crippen LogP contribution is 2.17. The van der Waals surface area contributed by atoms with Gasteiger partial charge in [-0.1, -0.05) is 0 Å². The first-order valence-electron chi connectivity index (χ1n) is 6.17. The van der Waals surface area contributed by atoms with Crippen LogP contribution in [0.5, 0.6) is 0 Å². The summed E-state index contributed by atoms with van der Waals surface area (Å²) in [6, 6.07) is 7.20. The summed E-state index contributed by atoms with van der Waals surface area (Å²) in [6.07, 6.45) is 5.17. The van der Waals surface area contributed by atoms with Crippen LogP contribution >= 0.6 is 11.3 Å². The van der Waals surface area contributed by atoms with Gasteiger partial charge in [0.2, 0.25) is 0 Å². The standard InChI is InChI=1S/C14H13N3O2S/c18-14(11-4-8-20-10-11)15-9-12(13-3-1-7-19-13)17-6-2-5-16-17/h1-8,10,12H,9H2,(H,15,18)/t12-/m1/s1. The average Bonchev–Trinajstić information content (AvgIpc) is 3.22. The number of rotatable bonds is 5. The van der Waals surface area contributed by atoms with Crippen molar-refractivity contribution in [3.05, 3.63) is 65.0 Å². The van der Waals surface area contributed by atoms with Crippen molar-refractivity contribution in [2.24, 2.45) is 0 Å². The molecule has 0 fully saturated rings. The van der Waals surface area contributed by atoms with Crippen LogP contribution in [0.1, 0.15) is 22.2 Å². The first kappa shape index (κ1) is 12.7. The van der Waals surface area contributed by atoms with E-state index in [4.69, 9.17) is 4.42 Å². The van der Waals surface area contributed by atoms with Crippen molar-refractivity contribution in [3.8, 4) is 0 Å². The maximum Gasteiger partial charge on any atom is 0.252 e. The molecular formula is C14H13N3O2S. The zero-order chi connectivity index (χ0) is 13.8. The molecule has 0 spiro atoms. The summed E-state index contributed by atoms with van der Waals surface area (Å²) in [7, 11) is 0. The van der Waals surface area contributed by atoms with Gasteiger partial charge < -0.3 is 9.73 Å². The van der Waals surface area contributed by atoms with Gasteiger partial charge in [0.1, 0.15) is 11.8 Å². The zero-order valence-corrected chi connectivity index (χ0v) is 11.4. The number of carbonyl (C=O) groups excluding carboxylic acids is 1. The summed E-state index contributed by atoms with van der Waals surface area (Å²) < 4.78 is 7.20. The molecule has 1 atom stereocenters. The third-order valence-corrected chi connectivity index (χ3v) is 3.64. The second kappa shape index (κ2) is 5.75. The van der Waals surface area contributed by atoms with Crippen LogP contribution < -0.4 is 5.32 Å². The highest BCUT2D eigenvalue weighted by Gasteiger charge is 2.18. The molecule has 3 rings (SSSR count). The molecule has 0 bridgehead atoms. The van der Waals surface area contributed by atoms with E-state index in [-0.39, 0.29) is 11.9 Å². The number of furan rings is 1. The number of nitrogens with zero attached hydrogens (tertiary/aromatic N) is 2. The van der Waals surface area contributed by atoms with Crippen molar-refractivity contribution in [1.82, 2.24) is 15.1 Å². The smallest absolute Gasteiger partial charge is 0.252 e. The minimum atomic E-state index is -0.150. The largest absolute Gasteiger partial charge is 0.467 e. The van der Waals surface area contributed by atoms with Gasteiger partial charge in [0.15, 0.2) is 0 Å². The fourth-order valence-electron chi connectivity index (χ4n) is 1.96. The number of thiophene rings is 1. The SMILES string of the molecule is O=C(NC[C@H](c1ccco1)n1cccn1)c1ccsc1. The molecule has 3 aromatic rings. The maximum atomic E-state index is 12.0. The molecule has 0 unspecified atom stereocenters. The van der Waals surface area contributed by atoms with Crippen molar-refractivity contribution in [2.45, 2.75) is 6.04 Å². The summed E-state index contributed by atoms with van der Waals surface area (Å²) in [5.74, 6) is 0.675. The predicted molar refractivity (Wildman–Crippen MR) is 75.7 cm³/mol. The van der Waals surface area contributed by atoms with Gasteiger partial charge in [-0.15, -0.1) is 0 Å². The number of carbonyl (C=O) groups is 1. The lowest BCUT2D eigenvalue weighted by molar-refractivity contribution is 0.0948. The van der Waals surface area contributed by atoms with E-state index in [2.05, 4.69) is 10.4 Å². The molecule has 0 aliphatic carbocycles. The lowest BCUT2D eigenvalue weighted by Gasteiger charge is -2.16. The molecule has 0 saturated heterocycles. The summed E-state index contributed by atoms with van der Waals surface area (Å²) in [4.78, 5) is 12.0. The predicted octanol–water partition coefficient (Wildman–Crippen LogP) is 2.56. The Bertz CT molecular complexity index is 610. The Labute approximate surface area is 119 Å². The van der Waals surface area contributed by atoms with Gasteiger partial charge in [-0.25, -0.2) is 0 Å². The van der Waals surface area contributed by atoms with Crippen molar-refractivity contribution < 1.29 is 9.21 Å². The number of aromatic nitrogens is 2. The van der Waals surface area contributed by atoms with Gasteiger partial charge in [-0.2, -0.15) is 16.4 Å². The van der Waals surface area contributed by atoms with E-state index in [1.807, 2.05) is 35.2 Å². The Hall–Kier alpha value is -2.34. The second-order valence-electron chi connectivity index (χ2n) is 4.24. The monoisotopic (exact) mass is 287 g/mol. The Morgan fingerprint density at radius 1 is 1.45 bits per heavy atom. The lowest BCUT2D eigenvalue weighted by atomic mass is 10.2. The van der Waals surface area contributed by atoms with Gasteiger partial charge >= 0.3 is 0 Å². The van der Waals surface area contributed by atoms with Crippen LogP contribution in [0.15, 0.2) is 58.1 Å². The van der Waals surface area contributed by atoms with E-state index >= 15 is 0 Å². The Balaban J connectivity index is 1.73. The molecule has 3 aromatic heterocycles. The fraction of sp³-hybridized carbons (Fsp3) is 0.143. The molecule has 3 heterocycles. The minimum Gasteiger partial charge on any atom is -0.467 e. The molecule has 0 aromatic carbocycles. The van der Waals surface area contributed by atoms with E-state index in [1.165, 1.54) is 11.3 Å². The van der Waals surface area contributed by atoms with Crippen LogP contribution in [0.25, 0.3) is 0 Å². The van der Waals surface area contributed by atoms with Crippen molar-refractivity contribution in [1.29, 1.82) is 0 Å². The maximum absolute atomic E-state index is 12.0. The van der Waals surface area contributed by atoms with Gasteiger partial charge in [0, 0.05) is 29.9 Å². The summed E-state index contributed by atoms with van der Waals surface area (Å²) in [6.45, 7) is 0.421. The van der Waals surface area contributed by atoms with Gasteiger partial charge in [-0.3, -0.25) is 9.48 Å². The third-order valence-electron chi connectivity index (χ3n) is 2.96. The molecule has 6 heteroatoms. The molecule has 0 aliphatic rings. The number of hydrogen-bond acceptors (Lipinski definition) is 4. The molecule has 0 saturated carbocycles. The molecule has 102 valence electrons. The molecule has 5 nitrogen and oxygen atoms in total. The molecule has 0 aliphatic heterocycles. The summed E-state index contributed by atoms with van der Waals surface area (Å²) >= 11 is 1.50. The Kier molecular flexibility index (Phi) is 3.64. The van der Waals surface area contributed by atoms with Crippen LogP contribution in [0.4, 0.5) is 0 Å². The summed E-state index contributed by atoms with van der Waals surface area (Å²) in [5, 5.41) is 10.8. The topological polar surface area (TPSA) is 60.1 Å².